The summed E-state index contributed by atoms with van der Waals surface area (Å²) in [6, 6.07) is 15.6. The Morgan fingerprint density at radius 2 is 1.69 bits per heavy atom. The van der Waals surface area contributed by atoms with Gasteiger partial charge >= 0.3 is 5.97 Å². The van der Waals surface area contributed by atoms with Crippen molar-refractivity contribution in [3.8, 4) is 11.5 Å². The highest BCUT2D eigenvalue weighted by molar-refractivity contribution is 5.76. The Hall–Kier alpha value is -2.53. The average Bonchev–Trinajstić information content (AvgIpc) is 2.68. The molecule has 3 rings (SSSR count). The standard InChI is InChI=1S/C21H25NO4/c1-3-25-18-8-10-19(11-9-18)26-13-12-22-15-17-7-5-4-6-16(17)14-20(22)21(23)24-2/h4-11,20H,3,12-15H2,1-2H3. The molecule has 1 unspecified atom stereocenters. The zero-order valence-corrected chi connectivity index (χ0v) is 15.3. The lowest BCUT2D eigenvalue weighted by Crippen LogP contribution is -2.47. The second-order valence-electron chi connectivity index (χ2n) is 6.24. The van der Waals surface area contributed by atoms with Gasteiger partial charge in [-0.15, -0.1) is 0 Å². The summed E-state index contributed by atoms with van der Waals surface area (Å²) in [7, 11) is 1.44. The number of rotatable bonds is 7. The van der Waals surface area contributed by atoms with Gasteiger partial charge in [-0.05, 0) is 48.7 Å². The topological polar surface area (TPSA) is 48.0 Å². The first-order valence-electron chi connectivity index (χ1n) is 8.95. The molecule has 0 radical (unpaired) electrons. The highest BCUT2D eigenvalue weighted by Gasteiger charge is 2.31. The first-order chi connectivity index (χ1) is 12.7. The summed E-state index contributed by atoms with van der Waals surface area (Å²) in [5.74, 6) is 1.43. The van der Waals surface area contributed by atoms with Gasteiger partial charge in [0.05, 0.1) is 13.7 Å². The van der Waals surface area contributed by atoms with E-state index in [4.69, 9.17) is 14.2 Å². The van der Waals surface area contributed by atoms with E-state index in [1.54, 1.807) is 0 Å². The van der Waals surface area contributed by atoms with E-state index in [9.17, 15) is 4.79 Å². The lowest BCUT2D eigenvalue weighted by Gasteiger charge is -2.34. The Bertz CT molecular complexity index is 729. The van der Waals surface area contributed by atoms with E-state index in [0.29, 0.717) is 26.2 Å². The van der Waals surface area contributed by atoms with Gasteiger partial charge in [0, 0.05) is 13.1 Å². The van der Waals surface area contributed by atoms with Crippen LogP contribution in [0.2, 0.25) is 0 Å². The number of benzene rings is 2. The largest absolute Gasteiger partial charge is 0.494 e. The number of nitrogens with zero attached hydrogens (tertiary/aromatic N) is 1. The number of carbonyl (C=O) groups is 1. The molecule has 0 saturated heterocycles. The summed E-state index contributed by atoms with van der Waals surface area (Å²) in [5.41, 5.74) is 2.47. The van der Waals surface area contributed by atoms with Crippen molar-refractivity contribution in [2.75, 3.05) is 26.9 Å². The summed E-state index contributed by atoms with van der Waals surface area (Å²) in [6.45, 7) is 4.48. The summed E-state index contributed by atoms with van der Waals surface area (Å²) in [6.07, 6.45) is 0.673. The van der Waals surface area contributed by atoms with Crippen LogP contribution >= 0.6 is 0 Å². The van der Waals surface area contributed by atoms with Gasteiger partial charge in [-0.1, -0.05) is 24.3 Å². The van der Waals surface area contributed by atoms with Crippen molar-refractivity contribution < 1.29 is 19.0 Å². The number of carbonyl (C=O) groups excluding carboxylic acids is 1. The molecule has 0 bridgehead atoms. The van der Waals surface area contributed by atoms with Crippen LogP contribution in [0.1, 0.15) is 18.1 Å². The minimum Gasteiger partial charge on any atom is -0.494 e. The van der Waals surface area contributed by atoms with Gasteiger partial charge in [0.25, 0.3) is 0 Å². The molecule has 138 valence electrons. The molecule has 0 N–H and O–H groups in total. The Balaban J connectivity index is 1.60. The minimum absolute atomic E-state index is 0.194. The maximum absolute atomic E-state index is 12.2. The number of esters is 1. The Morgan fingerprint density at radius 1 is 1.04 bits per heavy atom. The molecule has 2 aromatic carbocycles. The van der Waals surface area contributed by atoms with Gasteiger partial charge in [0.15, 0.2) is 0 Å². The van der Waals surface area contributed by atoms with Crippen LogP contribution in [0.4, 0.5) is 0 Å². The van der Waals surface area contributed by atoms with E-state index in [-0.39, 0.29) is 12.0 Å². The number of methoxy groups -OCH3 is 1. The second kappa shape index (κ2) is 8.72. The molecular weight excluding hydrogens is 330 g/mol. The number of hydrogen-bond donors (Lipinski definition) is 0. The van der Waals surface area contributed by atoms with Crippen molar-refractivity contribution in [3.05, 3.63) is 59.7 Å². The molecule has 26 heavy (non-hydrogen) atoms. The van der Waals surface area contributed by atoms with Crippen LogP contribution in [0.15, 0.2) is 48.5 Å². The Kier molecular flexibility index (Phi) is 6.12. The highest BCUT2D eigenvalue weighted by Crippen LogP contribution is 2.24. The predicted octanol–water partition coefficient (Wildman–Crippen LogP) is 3.06. The SMILES string of the molecule is CCOc1ccc(OCCN2Cc3ccccc3CC2C(=O)OC)cc1. The molecule has 2 aromatic rings. The number of hydrogen-bond acceptors (Lipinski definition) is 5. The van der Waals surface area contributed by atoms with Crippen LogP contribution in [0.5, 0.6) is 11.5 Å². The van der Waals surface area contributed by atoms with E-state index < -0.39 is 0 Å². The fourth-order valence-electron chi connectivity index (χ4n) is 3.26. The molecule has 0 amide bonds. The zero-order chi connectivity index (χ0) is 18.4. The van der Waals surface area contributed by atoms with Gasteiger partial charge < -0.3 is 14.2 Å². The van der Waals surface area contributed by atoms with Gasteiger partial charge in [0.1, 0.15) is 24.1 Å². The lowest BCUT2D eigenvalue weighted by molar-refractivity contribution is -0.147. The van der Waals surface area contributed by atoms with E-state index in [1.165, 1.54) is 18.2 Å². The first kappa shape index (κ1) is 18.3. The fraction of sp³-hybridized carbons (Fsp3) is 0.381. The van der Waals surface area contributed by atoms with Crippen LogP contribution in [-0.2, 0) is 22.5 Å². The van der Waals surface area contributed by atoms with Gasteiger partial charge in [-0.2, -0.15) is 0 Å². The van der Waals surface area contributed by atoms with Gasteiger partial charge in [0.2, 0.25) is 0 Å². The third-order valence-corrected chi connectivity index (χ3v) is 4.60. The monoisotopic (exact) mass is 355 g/mol. The smallest absolute Gasteiger partial charge is 0.323 e. The highest BCUT2D eigenvalue weighted by atomic mass is 16.5. The number of ether oxygens (including phenoxy) is 3. The van der Waals surface area contributed by atoms with Crippen molar-refractivity contribution in [1.82, 2.24) is 4.90 Å². The summed E-state index contributed by atoms with van der Waals surface area (Å²) < 4.78 is 16.3. The normalized spacial score (nSPS) is 16.6. The maximum Gasteiger partial charge on any atom is 0.323 e. The van der Waals surface area contributed by atoms with Crippen molar-refractivity contribution in [2.24, 2.45) is 0 Å². The third-order valence-electron chi connectivity index (χ3n) is 4.60. The summed E-state index contributed by atoms with van der Waals surface area (Å²) >= 11 is 0. The van der Waals surface area contributed by atoms with Gasteiger partial charge in [-0.25, -0.2) is 0 Å². The molecule has 1 aliphatic rings. The van der Waals surface area contributed by atoms with Crippen LogP contribution in [0.25, 0.3) is 0 Å². The van der Waals surface area contributed by atoms with Crippen molar-refractivity contribution in [1.29, 1.82) is 0 Å². The van der Waals surface area contributed by atoms with E-state index in [1.807, 2.05) is 43.3 Å². The summed E-state index contributed by atoms with van der Waals surface area (Å²) in [5, 5.41) is 0. The van der Waals surface area contributed by atoms with E-state index in [0.717, 1.165) is 18.0 Å². The Labute approximate surface area is 154 Å². The second-order valence-corrected chi connectivity index (χ2v) is 6.24. The Morgan fingerprint density at radius 3 is 2.35 bits per heavy atom. The molecule has 5 heteroatoms. The molecule has 0 fully saturated rings. The molecule has 1 heterocycles. The average molecular weight is 355 g/mol. The molecule has 0 spiro atoms. The molecule has 1 atom stereocenters. The van der Waals surface area contributed by atoms with Crippen LogP contribution in [0.3, 0.4) is 0 Å². The van der Waals surface area contributed by atoms with Crippen LogP contribution in [0, 0.1) is 0 Å². The molecular formula is C21H25NO4. The van der Waals surface area contributed by atoms with E-state index >= 15 is 0 Å². The zero-order valence-electron chi connectivity index (χ0n) is 15.3. The first-order valence-corrected chi connectivity index (χ1v) is 8.95. The third kappa shape index (κ3) is 4.35. The lowest BCUT2D eigenvalue weighted by atomic mass is 9.94. The minimum atomic E-state index is -0.265. The molecule has 0 saturated carbocycles. The summed E-state index contributed by atoms with van der Waals surface area (Å²) in [4.78, 5) is 14.3. The van der Waals surface area contributed by atoms with Crippen molar-refractivity contribution in [2.45, 2.75) is 25.9 Å². The van der Waals surface area contributed by atoms with Gasteiger partial charge in [-0.3, -0.25) is 9.69 Å². The quantitative estimate of drug-likeness (QED) is 0.715. The van der Waals surface area contributed by atoms with Crippen molar-refractivity contribution in [3.63, 3.8) is 0 Å². The number of fused-ring (bicyclic) bond motifs is 1. The van der Waals surface area contributed by atoms with Crippen LogP contribution in [-0.4, -0.2) is 43.8 Å². The van der Waals surface area contributed by atoms with Crippen molar-refractivity contribution >= 4 is 5.97 Å². The fourth-order valence-corrected chi connectivity index (χ4v) is 3.26. The molecule has 1 aliphatic heterocycles. The molecule has 0 aromatic heterocycles. The van der Waals surface area contributed by atoms with Crippen LogP contribution < -0.4 is 9.47 Å². The molecule has 5 nitrogen and oxygen atoms in total. The predicted molar refractivity (Wildman–Crippen MR) is 99.5 cm³/mol. The maximum atomic E-state index is 12.2. The van der Waals surface area contributed by atoms with E-state index in [2.05, 4.69) is 17.0 Å². The molecule has 0 aliphatic carbocycles.